The highest BCUT2D eigenvalue weighted by Gasteiger charge is 2.30. The number of nitrogens with zero attached hydrogens (tertiary/aromatic N) is 2. The average molecular weight is 377 g/mol. The lowest BCUT2D eigenvalue weighted by Crippen LogP contribution is -2.37. The number of aromatic nitrogens is 1. The summed E-state index contributed by atoms with van der Waals surface area (Å²) >= 11 is 0. The van der Waals surface area contributed by atoms with Crippen molar-refractivity contribution in [3.63, 3.8) is 0 Å². The van der Waals surface area contributed by atoms with Crippen LogP contribution in [0.25, 0.3) is 0 Å². The first-order valence-corrected chi connectivity index (χ1v) is 8.93. The predicted octanol–water partition coefficient (Wildman–Crippen LogP) is 4.26. The number of carbonyl (C=O) groups is 1. The Morgan fingerprint density at radius 3 is 2.44 bits per heavy atom. The third kappa shape index (κ3) is 5.29. The van der Waals surface area contributed by atoms with Gasteiger partial charge in [-0.05, 0) is 68.2 Å². The van der Waals surface area contributed by atoms with Crippen LogP contribution in [0, 0.1) is 12.8 Å². The van der Waals surface area contributed by atoms with Gasteiger partial charge in [0, 0.05) is 18.7 Å². The third-order valence-corrected chi connectivity index (χ3v) is 4.81. The van der Waals surface area contributed by atoms with Crippen LogP contribution in [0.3, 0.4) is 0 Å². The van der Waals surface area contributed by atoms with E-state index in [1.165, 1.54) is 12.1 Å². The Morgan fingerprint density at radius 1 is 1.19 bits per heavy atom. The number of hydrogen-bond acceptors (Lipinski definition) is 3. The van der Waals surface area contributed by atoms with Crippen LogP contribution < -0.4 is 5.32 Å². The highest BCUT2D eigenvalue weighted by molar-refractivity contribution is 5.91. The van der Waals surface area contributed by atoms with Gasteiger partial charge in [-0.1, -0.05) is 12.1 Å². The van der Waals surface area contributed by atoms with Crippen molar-refractivity contribution < 1.29 is 18.0 Å². The number of anilines is 1. The van der Waals surface area contributed by atoms with E-state index in [1.807, 2.05) is 19.1 Å². The van der Waals surface area contributed by atoms with Crippen LogP contribution in [0.5, 0.6) is 0 Å². The molecule has 0 atom stereocenters. The lowest BCUT2D eigenvalue weighted by molar-refractivity contribution is -0.137. The maximum absolute atomic E-state index is 12.6. The molecule has 144 valence electrons. The van der Waals surface area contributed by atoms with Crippen molar-refractivity contribution in [2.75, 3.05) is 18.4 Å². The van der Waals surface area contributed by atoms with E-state index in [2.05, 4.69) is 15.2 Å². The topological polar surface area (TPSA) is 45.2 Å². The molecule has 0 radical (unpaired) electrons. The fourth-order valence-electron chi connectivity index (χ4n) is 3.24. The fourth-order valence-corrected chi connectivity index (χ4v) is 3.24. The maximum atomic E-state index is 12.6. The summed E-state index contributed by atoms with van der Waals surface area (Å²) in [6, 6.07) is 8.97. The molecule has 0 spiro atoms. The molecule has 1 fully saturated rings. The van der Waals surface area contributed by atoms with Crippen LogP contribution >= 0.6 is 0 Å². The number of nitrogens with one attached hydrogen (secondary N) is 1. The highest BCUT2D eigenvalue weighted by atomic mass is 19.4. The molecule has 1 aromatic heterocycles. The molecule has 0 bridgehead atoms. The predicted molar refractivity (Wildman–Crippen MR) is 97.0 cm³/mol. The Morgan fingerprint density at radius 2 is 1.85 bits per heavy atom. The van der Waals surface area contributed by atoms with Crippen LogP contribution in [0.15, 0.2) is 42.6 Å². The number of alkyl halides is 3. The van der Waals surface area contributed by atoms with Crippen molar-refractivity contribution in [1.82, 2.24) is 9.88 Å². The van der Waals surface area contributed by atoms with E-state index in [0.717, 1.165) is 49.2 Å². The van der Waals surface area contributed by atoms with Crippen molar-refractivity contribution in [2.24, 2.45) is 5.92 Å². The van der Waals surface area contributed by atoms with E-state index in [-0.39, 0.29) is 11.8 Å². The molecule has 0 unspecified atom stereocenters. The Kier molecular flexibility index (Phi) is 5.79. The van der Waals surface area contributed by atoms with Crippen molar-refractivity contribution >= 4 is 11.7 Å². The SMILES string of the molecule is Cc1ccnc(NC(=O)C2CCN(Cc3ccc(C(F)(F)F)cc3)CC2)c1. The van der Waals surface area contributed by atoms with Crippen LogP contribution in [0.4, 0.5) is 19.0 Å². The minimum absolute atomic E-state index is 0.0257. The minimum Gasteiger partial charge on any atom is -0.310 e. The number of carbonyl (C=O) groups excluding carboxylic acids is 1. The second-order valence-electron chi connectivity index (χ2n) is 6.95. The highest BCUT2D eigenvalue weighted by Crippen LogP contribution is 2.29. The van der Waals surface area contributed by atoms with Gasteiger partial charge in [-0.25, -0.2) is 4.98 Å². The molecule has 2 heterocycles. The van der Waals surface area contributed by atoms with Crippen LogP contribution in [0.2, 0.25) is 0 Å². The quantitative estimate of drug-likeness (QED) is 0.866. The smallest absolute Gasteiger partial charge is 0.310 e. The van der Waals surface area contributed by atoms with E-state index in [4.69, 9.17) is 0 Å². The minimum atomic E-state index is -4.31. The van der Waals surface area contributed by atoms with E-state index in [1.54, 1.807) is 6.20 Å². The largest absolute Gasteiger partial charge is 0.416 e. The van der Waals surface area contributed by atoms with Gasteiger partial charge in [-0.3, -0.25) is 9.69 Å². The summed E-state index contributed by atoms with van der Waals surface area (Å²) in [5, 5.41) is 2.86. The van der Waals surface area contributed by atoms with Gasteiger partial charge in [-0.2, -0.15) is 13.2 Å². The number of rotatable bonds is 4. The average Bonchev–Trinajstić information content (AvgIpc) is 2.62. The molecule has 4 nitrogen and oxygen atoms in total. The van der Waals surface area contributed by atoms with Crippen molar-refractivity contribution in [3.8, 4) is 0 Å². The monoisotopic (exact) mass is 377 g/mol. The zero-order valence-electron chi connectivity index (χ0n) is 15.1. The summed E-state index contributed by atoms with van der Waals surface area (Å²) < 4.78 is 37.9. The molecule has 1 amide bonds. The number of likely N-dealkylation sites (tertiary alicyclic amines) is 1. The molecule has 2 aromatic rings. The summed E-state index contributed by atoms with van der Waals surface area (Å²) in [4.78, 5) is 18.7. The lowest BCUT2D eigenvalue weighted by atomic mass is 9.95. The molecule has 27 heavy (non-hydrogen) atoms. The first kappa shape index (κ1) is 19.4. The summed E-state index contributed by atoms with van der Waals surface area (Å²) in [7, 11) is 0. The molecule has 3 rings (SSSR count). The second-order valence-corrected chi connectivity index (χ2v) is 6.95. The number of benzene rings is 1. The molecule has 7 heteroatoms. The normalized spacial score (nSPS) is 16.3. The van der Waals surface area contributed by atoms with Crippen molar-refractivity contribution in [3.05, 3.63) is 59.3 Å². The first-order valence-electron chi connectivity index (χ1n) is 8.93. The molecule has 1 aliphatic heterocycles. The molecular formula is C20H22F3N3O. The number of pyridine rings is 1. The Balaban J connectivity index is 1.49. The van der Waals surface area contributed by atoms with Crippen LogP contribution in [-0.2, 0) is 17.5 Å². The van der Waals surface area contributed by atoms with Gasteiger partial charge in [0.1, 0.15) is 5.82 Å². The molecule has 0 saturated carbocycles. The molecular weight excluding hydrogens is 355 g/mol. The molecule has 0 aliphatic carbocycles. The van der Waals surface area contributed by atoms with E-state index >= 15 is 0 Å². The Hall–Kier alpha value is -2.41. The molecule has 1 saturated heterocycles. The number of hydrogen-bond donors (Lipinski definition) is 1. The fraction of sp³-hybridized carbons (Fsp3) is 0.400. The van der Waals surface area contributed by atoms with E-state index in [0.29, 0.717) is 12.4 Å². The summed E-state index contributed by atoms with van der Waals surface area (Å²) in [5.74, 6) is 0.464. The Labute approximate surface area is 156 Å². The van der Waals surface area contributed by atoms with E-state index < -0.39 is 11.7 Å². The maximum Gasteiger partial charge on any atom is 0.416 e. The Bertz CT molecular complexity index is 782. The molecule has 1 aliphatic rings. The summed E-state index contributed by atoms with van der Waals surface area (Å²) in [6.45, 7) is 4.00. The van der Waals surface area contributed by atoms with Gasteiger partial charge in [0.05, 0.1) is 5.56 Å². The van der Waals surface area contributed by atoms with Crippen molar-refractivity contribution in [2.45, 2.75) is 32.5 Å². The van der Waals surface area contributed by atoms with Gasteiger partial charge in [0.2, 0.25) is 5.91 Å². The van der Waals surface area contributed by atoms with Crippen molar-refractivity contribution in [1.29, 1.82) is 0 Å². The number of aryl methyl sites for hydroxylation is 1. The van der Waals surface area contributed by atoms with Gasteiger partial charge in [0.25, 0.3) is 0 Å². The second kappa shape index (κ2) is 8.08. The molecule has 1 N–H and O–H groups in total. The number of piperidine rings is 1. The van der Waals surface area contributed by atoms with E-state index in [9.17, 15) is 18.0 Å². The number of amides is 1. The number of halogens is 3. The lowest BCUT2D eigenvalue weighted by Gasteiger charge is -2.31. The van der Waals surface area contributed by atoms with Crippen LogP contribution in [-0.4, -0.2) is 28.9 Å². The van der Waals surface area contributed by atoms with Gasteiger partial charge in [0.15, 0.2) is 0 Å². The molecule has 1 aromatic carbocycles. The summed E-state index contributed by atoms with van der Waals surface area (Å²) in [5.41, 5.74) is 1.24. The third-order valence-electron chi connectivity index (χ3n) is 4.81. The van der Waals surface area contributed by atoms with Gasteiger partial charge in [-0.15, -0.1) is 0 Å². The van der Waals surface area contributed by atoms with Gasteiger partial charge < -0.3 is 5.32 Å². The standard InChI is InChI=1S/C20H22F3N3O/c1-14-6-9-24-18(12-14)25-19(27)16-7-10-26(11-8-16)13-15-2-4-17(5-3-15)20(21,22)23/h2-6,9,12,16H,7-8,10-11,13H2,1H3,(H,24,25,27). The first-order chi connectivity index (χ1) is 12.8. The van der Waals surface area contributed by atoms with Gasteiger partial charge >= 0.3 is 6.18 Å². The summed E-state index contributed by atoms with van der Waals surface area (Å²) in [6.07, 6.45) is -1.20. The van der Waals surface area contributed by atoms with Crippen LogP contribution in [0.1, 0.15) is 29.5 Å². The zero-order valence-corrected chi connectivity index (χ0v) is 15.1. The zero-order chi connectivity index (χ0) is 19.4.